The van der Waals surface area contributed by atoms with Crippen LogP contribution in [-0.2, 0) is 85.3 Å². The van der Waals surface area contributed by atoms with Crippen LogP contribution in [0.2, 0.25) is 0 Å². The minimum absolute atomic E-state index is 1.45. The van der Waals surface area contributed by atoms with E-state index in [1.165, 1.54) is 56.8 Å². The molecule has 0 fully saturated rings. The molecule has 0 aromatic rings. The maximum atomic E-state index is 13.4. The fourth-order valence-electron chi connectivity index (χ4n) is 2.91. The Kier molecular flexibility index (Phi) is 22.0. The number of halogens is 39. The molecule has 0 heterocycles. The summed E-state index contributed by atoms with van der Waals surface area (Å²) in [6, 6.07) is 0. The molecule has 78 heavy (non-hydrogen) atoms. The molecule has 0 aliphatic carbocycles. The Morgan fingerprint density at radius 2 is 0.244 bits per heavy atom. The zero-order chi connectivity index (χ0) is 62.9. The summed E-state index contributed by atoms with van der Waals surface area (Å²) in [6.07, 6.45) is -137. The van der Waals surface area contributed by atoms with Gasteiger partial charge in [-0.3, -0.25) is 0 Å². The fourth-order valence-corrected chi connectivity index (χ4v) is 2.91. The molecule has 0 aliphatic rings. The van der Waals surface area contributed by atoms with Gasteiger partial charge in [0.25, 0.3) is 0 Å². The molecule has 0 saturated heterocycles. The van der Waals surface area contributed by atoms with Crippen molar-refractivity contribution < 1.29 is 262 Å². The van der Waals surface area contributed by atoms with Crippen LogP contribution < -0.4 is 0 Å². The molecule has 0 aromatic heterocycles. The molecule has 0 amide bonds. The van der Waals surface area contributed by atoms with Gasteiger partial charge >= 0.3 is 119 Å². The smallest absolute Gasteiger partial charge is 0.387 e. The molecule has 58 heteroatoms. The highest BCUT2D eigenvalue weighted by Gasteiger charge is 2.68. The lowest BCUT2D eigenvalue weighted by molar-refractivity contribution is -0.657. The lowest BCUT2D eigenvalue weighted by Gasteiger charge is -2.31. The maximum absolute atomic E-state index is 13.4. The van der Waals surface area contributed by atoms with E-state index in [1.807, 2.05) is 4.74 Å². The van der Waals surface area contributed by atoms with E-state index in [9.17, 15) is 171 Å². The van der Waals surface area contributed by atoms with Gasteiger partial charge in [0.05, 0.1) is 0 Å². The van der Waals surface area contributed by atoms with Gasteiger partial charge in [0.15, 0.2) is 0 Å². The van der Waals surface area contributed by atoms with Gasteiger partial charge in [-0.25, -0.2) is 80.5 Å². The molecule has 470 valence electrons. The van der Waals surface area contributed by atoms with E-state index in [4.69, 9.17) is 5.11 Å². The number of aliphatic hydroxyl groups is 1. The number of rotatable bonds is 36. The standard InChI is InChI=1S/C20H3F39O19/c21-2(22,1-60)61-4(26,27)63-6(30,31)65-8(34,35)67-10(38,39)69-12(42,43)71-14(46,47)73-16(50,51)75-18(54,55)77-20(58,59)78-19(56,57)76-17(52,53)74-15(48,49)72-13(44,45)70-11(40,41)68-9(36,37)66-7(32,33)64-5(28,29)62-3(23,24)25/h60H,1H2. The van der Waals surface area contributed by atoms with Crippen molar-refractivity contribution in [3.63, 3.8) is 0 Å². The number of hydrogen-bond donors (Lipinski definition) is 1. The van der Waals surface area contributed by atoms with Crippen molar-refractivity contribution in [3.8, 4) is 0 Å². The minimum atomic E-state index is -7.60. The summed E-state index contributed by atoms with van der Waals surface area (Å²) in [4.78, 5) is 0. The molecule has 0 radical (unpaired) electrons. The molecule has 0 aliphatic heterocycles. The molecule has 0 aromatic carbocycles. The summed E-state index contributed by atoms with van der Waals surface area (Å²) < 4.78 is 538. The SMILES string of the molecule is OCC(F)(F)OC(F)(F)OC(F)(F)OC(F)(F)OC(F)(F)OC(F)(F)OC(F)(F)OC(F)(F)OC(F)(F)OC(F)(F)OC(F)(F)OC(F)(F)OC(F)(F)OC(F)(F)OC(F)(F)OC(F)(F)OC(F)(F)OC(F)(F)OC(F)(F)F. The first kappa shape index (κ1) is 74.5. The predicted octanol–water partition coefficient (Wildman–Crippen LogP) is 10.7. The third kappa shape index (κ3) is 32.1. The predicted molar refractivity (Wildman–Crippen MR) is 122 cm³/mol. The van der Waals surface area contributed by atoms with Crippen molar-refractivity contribution in [1.29, 1.82) is 0 Å². The second-order valence-corrected chi connectivity index (χ2v) is 11.0. The Balaban J connectivity index is 5.80. The Morgan fingerprint density at radius 3 is 0.333 bits per heavy atom. The Morgan fingerprint density at radius 1 is 0.154 bits per heavy atom. The van der Waals surface area contributed by atoms with Crippen molar-refractivity contribution in [2.75, 3.05) is 6.61 Å². The Bertz CT molecular complexity index is 1910. The highest BCUT2D eigenvalue weighted by Crippen LogP contribution is 2.47. The fraction of sp³-hybridized carbons (Fsp3) is 1.00. The van der Waals surface area contributed by atoms with E-state index in [0.29, 0.717) is 0 Å². The molecule has 19 nitrogen and oxygen atoms in total. The molecule has 0 rings (SSSR count). The van der Waals surface area contributed by atoms with Gasteiger partial charge in [0.1, 0.15) is 6.61 Å². The largest absolute Gasteiger partial charge is 0.529 e. The van der Waals surface area contributed by atoms with Crippen LogP contribution in [0.4, 0.5) is 171 Å². The van der Waals surface area contributed by atoms with Gasteiger partial charge < -0.3 is 5.11 Å². The van der Waals surface area contributed by atoms with Gasteiger partial charge in [0.2, 0.25) is 0 Å². The van der Waals surface area contributed by atoms with Crippen LogP contribution in [0, 0.1) is 0 Å². The van der Waals surface area contributed by atoms with Gasteiger partial charge in [-0.2, -0.15) is 13.5 Å². The monoisotopic (exact) mass is 1290 g/mol. The second kappa shape index (κ2) is 23.0. The quantitative estimate of drug-likeness (QED) is 0.0461. The summed E-state index contributed by atoms with van der Waals surface area (Å²) in [6.45, 7) is -2.85. The van der Waals surface area contributed by atoms with Crippen LogP contribution in [0.5, 0.6) is 0 Å². The topological polar surface area (TPSA) is 186 Å². The first-order chi connectivity index (χ1) is 33.3. The van der Waals surface area contributed by atoms with Crippen molar-refractivity contribution >= 4 is 0 Å². The third-order valence-electron chi connectivity index (χ3n) is 4.49. The van der Waals surface area contributed by atoms with E-state index in [-0.39, 0.29) is 0 Å². The van der Waals surface area contributed by atoms with Crippen LogP contribution in [0.3, 0.4) is 0 Å². The van der Waals surface area contributed by atoms with Crippen LogP contribution in [0.25, 0.3) is 0 Å². The third-order valence-corrected chi connectivity index (χ3v) is 4.49. The summed E-state index contributed by atoms with van der Waals surface area (Å²) in [5.74, 6) is 0. The van der Waals surface area contributed by atoms with Crippen LogP contribution >= 0.6 is 0 Å². The number of hydrogen-bond acceptors (Lipinski definition) is 19. The van der Waals surface area contributed by atoms with Crippen LogP contribution in [0.1, 0.15) is 0 Å². The first-order valence-corrected chi connectivity index (χ1v) is 15.4. The van der Waals surface area contributed by atoms with Crippen molar-refractivity contribution in [3.05, 3.63) is 0 Å². The summed E-state index contributed by atoms with van der Waals surface area (Å²) in [5, 5.41) is 7.95. The minimum Gasteiger partial charge on any atom is -0.387 e. The number of aliphatic hydroxyl groups excluding tert-OH is 1. The summed E-state index contributed by atoms with van der Waals surface area (Å²) in [5.41, 5.74) is 0. The van der Waals surface area contributed by atoms with Crippen LogP contribution in [0.15, 0.2) is 0 Å². The highest BCUT2D eigenvalue weighted by molar-refractivity contribution is 4.55. The highest BCUT2D eigenvalue weighted by atomic mass is 19.4. The van der Waals surface area contributed by atoms with Crippen LogP contribution in [-0.4, -0.2) is 131 Å². The van der Waals surface area contributed by atoms with Gasteiger partial charge in [-0.15, -0.1) is 162 Å². The zero-order valence-electron chi connectivity index (χ0n) is 32.7. The van der Waals surface area contributed by atoms with Gasteiger partial charge in [-0.05, 0) is 0 Å². The number of alkyl halides is 39. The van der Waals surface area contributed by atoms with Gasteiger partial charge in [-0.1, -0.05) is 0 Å². The van der Waals surface area contributed by atoms with E-state index in [1.54, 1.807) is 23.7 Å². The molecule has 0 spiro atoms. The Labute approximate surface area is 389 Å². The normalized spacial score (nSPS) is 16.2. The van der Waals surface area contributed by atoms with E-state index in [2.05, 4.69) is 0 Å². The van der Waals surface area contributed by atoms with Gasteiger partial charge in [0, 0.05) is 0 Å². The number of ether oxygens (including phenoxy) is 18. The summed E-state index contributed by atoms with van der Waals surface area (Å²) in [7, 11) is 0. The molecular weight excluding hydrogens is 1290 g/mol. The maximum Gasteiger partial charge on any atom is 0.529 e. The lowest BCUT2D eigenvalue weighted by atomic mass is 10.7. The summed E-state index contributed by atoms with van der Waals surface area (Å²) >= 11 is 0. The average Bonchev–Trinajstić information content (AvgIpc) is 2.92. The molecule has 0 unspecified atom stereocenters. The molecular formula is C20H3F39O19. The molecule has 1 N–H and O–H groups in total. The zero-order valence-corrected chi connectivity index (χ0v) is 32.7. The van der Waals surface area contributed by atoms with E-state index in [0.717, 1.165) is 0 Å². The Hall–Kier alpha value is -3.49. The molecule has 0 bridgehead atoms. The van der Waals surface area contributed by atoms with Crippen molar-refractivity contribution in [2.45, 2.75) is 119 Å². The van der Waals surface area contributed by atoms with Crippen molar-refractivity contribution in [1.82, 2.24) is 0 Å². The molecule has 0 saturated carbocycles. The lowest BCUT2D eigenvalue weighted by Crippen LogP contribution is -2.51. The average molecular weight is 1290 g/mol. The van der Waals surface area contributed by atoms with E-state index >= 15 is 0 Å². The van der Waals surface area contributed by atoms with Crippen molar-refractivity contribution in [2.24, 2.45) is 0 Å². The van der Waals surface area contributed by atoms with E-state index < -0.39 is 126 Å². The second-order valence-electron chi connectivity index (χ2n) is 11.0. The first-order valence-electron chi connectivity index (χ1n) is 15.4. The molecule has 0 atom stereocenters.